The van der Waals surface area contributed by atoms with Crippen LogP contribution in [0.25, 0.3) is 0 Å². The molecule has 3 aliphatic heterocycles. The molecule has 1 amide bonds. The number of aromatic nitrogens is 2. The zero-order valence-electron chi connectivity index (χ0n) is 14.4. The predicted molar refractivity (Wildman–Crippen MR) is 86.2 cm³/mol. The maximum atomic E-state index is 13.3. The number of aryl methyl sites for hydroxylation is 1. The summed E-state index contributed by atoms with van der Waals surface area (Å²) in [7, 11) is 0. The van der Waals surface area contributed by atoms with Crippen LogP contribution >= 0.6 is 0 Å². The minimum atomic E-state index is -0.199. The SMILES string of the molecule is Cc1nc(CN2CC[C@@]3(CCCN(C4CCOCC4)C3=O)C2)no1. The van der Waals surface area contributed by atoms with E-state index in [9.17, 15) is 4.79 Å². The van der Waals surface area contributed by atoms with Gasteiger partial charge in [0, 0.05) is 39.3 Å². The topological polar surface area (TPSA) is 71.7 Å². The molecular formula is C17H26N4O3. The fraction of sp³-hybridized carbons (Fsp3) is 0.824. The summed E-state index contributed by atoms with van der Waals surface area (Å²) in [6, 6.07) is 0.373. The van der Waals surface area contributed by atoms with Gasteiger partial charge < -0.3 is 14.2 Å². The van der Waals surface area contributed by atoms with Gasteiger partial charge in [-0.1, -0.05) is 5.16 Å². The molecule has 4 heterocycles. The number of piperidine rings is 1. The van der Waals surface area contributed by atoms with E-state index in [-0.39, 0.29) is 5.41 Å². The van der Waals surface area contributed by atoms with Crippen molar-refractivity contribution in [3.63, 3.8) is 0 Å². The number of amides is 1. The number of carbonyl (C=O) groups excluding carboxylic acids is 1. The summed E-state index contributed by atoms with van der Waals surface area (Å²) in [5.74, 6) is 1.68. The quantitative estimate of drug-likeness (QED) is 0.831. The number of hydrogen-bond acceptors (Lipinski definition) is 6. The Hall–Kier alpha value is -1.47. The van der Waals surface area contributed by atoms with Gasteiger partial charge in [-0.15, -0.1) is 0 Å². The summed E-state index contributed by atoms with van der Waals surface area (Å²) in [6.07, 6.45) is 5.02. The van der Waals surface area contributed by atoms with Crippen LogP contribution in [-0.2, 0) is 16.1 Å². The van der Waals surface area contributed by atoms with E-state index in [1.54, 1.807) is 6.92 Å². The number of likely N-dealkylation sites (tertiary alicyclic amines) is 2. The lowest BCUT2D eigenvalue weighted by Gasteiger charge is -2.44. The highest BCUT2D eigenvalue weighted by Gasteiger charge is 2.49. The van der Waals surface area contributed by atoms with E-state index < -0.39 is 0 Å². The smallest absolute Gasteiger partial charge is 0.230 e. The van der Waals surface area contributed by atoms with Gasteiger partial charge in [-0.2, -0.15) is 4.98 Å². The van der Waals surface area contributed by atoms with Crippen LogP contribution in [0.4, 0.5) is 0 Å². The van der Waals surface area contributed by atoms with Crippen LogP contribution in [0.3, 0.4) is 0 Å². The molecule has 0 aliphatic carbocycles. The normalized spacial score (nSPS) is 29.7. The third kappa shape index (κ3) is 2.95. The number of nitrogens with zero attached hydrogens (tertiary/aromatic N) is 4. The maximum Gasteiger partial charge on any atom is 0.230 e. The number of ether oxygens (including phenoxy) is 1. The molecule has 0 bridgehead atoms. The van der Waals surface area contributed by atoms with Crippen LogP contribution in [0.1, 0.15) is 43.8 Å². The zero-order chi connectivity index (χ0) is 16.6. The van der Waals surface area contributed by atoms with Gasteiger partial charge in [-0.3, -0.25) is 9.69 Å². The number of rotatable bonds is 3. The van der Waals surface area contributed by atoms with Crippen molar-refractivity contribution in [1.29, 1.82) is 0 Å². The minimum absolute atomic E-state index is 0.199. The molecule has 1 aromatic heterocycles. The van der Waals surface area contributed by atoms with Gasteiger partial charge >= 0.3 is 0 Å². The lowest BCUT2D eigenvalue weighted by molar-refractivity contribution is -0.150. The van der Waals surface area contributed by atoms with Crippen molar-refractivity contribution in [2.24, 2.45) is 5.41 Å². The van der Waals surface area contributed by atoms with Crippen molar-refractivity contribution in [1.82, 2.24) is 19.9 Å². The molecule has 1 aromatic rings. The van der Waals surface area contributed by atoms with Crippen LogP contribution < -0.4 is 0 Å². The molecule has 1 atom stereocenters. The molecule has 7 nitrogen and oxygen atoms in total. The van der Waals surface area contributed by atoms with E-state index in [0.29, 0.717) is 30.2 Å². The van der Waals surface area contributed by atoms with Crippen LogP contribution in [0.5, 0.6) is 0 Å². The third-order valence-electron chi connectivity index (χ3n) is 5.77. The largest absolute Gasteiger partial charge is 0.381 e. The van der Waals surface area contributed by atoms with Crippen LogP contribution in [0.2, 0.25) is 0 Å². The molecular weight excluding hydrogens is 308 g/mol. The standard InChI is InChI=1S/C17H26N4O3/c1-13-18-15(19-24-13)11-20-8-6-17(12-20)5-2-7-21(16(17)22)14-3-9-23-10-4-14/h14H,2-12H2,1H3/t17-/m0/s1. The number of carbonyl (C=O) groups is 1. The van der Waals surface area contributed by atoms with Gasteiger partial charge in [0.1, 0.15) is 0 Å². The molecule has 0 aromatic carbocycles. The Balaban J connectivity index is 1.43. The average molecular weight is 334 g/mol. The molecule has 132 valence electrons. The monoisotopic (exact) mass is 334 g/mol. The maximum absolute atomic E-state index is 13.3. The molecule has 7 heteroatoms. The summed E-state index contributed by atoms with van der Waals surface area (Å²) in [6.45, 7) is 6.70. The lowest BCUT2D eigenvalue weighted by atomic mass is 9.77. The second-order valence-electron chi connectivity index (χ2n) is 7.42. The van der Waals surface area contributed by atoms with Crippen LogP contribution in [0, 0.1) is 12.3 Å². The zero-order valence-corrected chi connectivity index (χ0v) is 14.4. The molecule has 0 unspecified atom stereocenters. The summed E-state index contributed by atoms with van der Waals surface area (Å²) >= 11 is 0. The van der Waals surface area contributed by atoms with Crippen molar-refractivity contribution in [3.05, 3.63) is 11.7 Å². The minimum Gasteiger partial charge on any atom is -0.381 e. The molecule has 0 saturated carbocycles. The Kier molecular flexibility index (Phi) is 4.30. The van der Waals surface area contributed by atoms with Gasteiger partial charge in [-0.05, 0) is 38.6 Å². The van der Waals surface area contributed by atoms with Crippen molar-refractivity contribution in [2.75, 3.05) is 32.8 Å². The molecule has 3 fully saturated rings. The van der Waals surface area contributed by atoms with Crippen LogP contribution in [-0.4, -0.2) is 64.7 Å². The molecule has 24 heavy (non-hydrogen) atoms. The molecule has 1 spiro atoms. The van der Waals surface area contributed by atoms with E-state index in [1.807, 2.05) is 0 Å². The fourth-order valence-corrected chi connectivity index (χ4v) is 4.52. The van der Waals surface area contributed by atoms with Crippen molar-refractivity contribution in [2.45, 2.75) is 51.6 Å². The first kappa shape index (κ1) is 16.0. The summed E-state index contributed by atoms with van der Waals surface area (Å²) in [5, 5.41) is 3.98. The first-order valence-electron chi connectivity index (χ1n) is 9.07. The van der Waals surface area contributed by atoms with E-state index >= 15 is 0 Å². The van der Waals surface area contributed by atoms with Gasteiger partial charge in [0.15, 0.2) is 5.82 Å². The van der Waals surface area contributed by atoms with Crippen molar-refractivity contribution >= 4 is 5.91 Å². The lowest BCUT2D eigenvalue weighted by Crippen LogP contribution is -2.54. The van der Waals surface area contributed by atoms with Gasteiger partial charge in [0.2, 0.25) is 11.8 Å². The Morgan fingerprint density at radius 1 is 1.25 bits per heavy atom. The van der Waals surface area contributed by atoms with E-state index in [0.717, 1.165) is 65.0 Å². The Morgan fingerprint density at radius 2 is 2.08 bits per heavy atom. The van der Waals surface area contributed by atoms with E-state index in [1.165, 1.54) is 0 Å². The first-order valence-corrected chi connectivity index (χ1v) is 9.07. The van der Waals surface area contributed by atoms with E-state index in [2.05, 4.69) is 19.9 Å². The fourth-order valence-electron chi connectivity index (χ4n) is 4.52. The average Bonchev–Trinajstić information content (AvgIpc) is 3.19. The molecule has 4 rings (SSSR count). The number of hydrogen-bond donors (Lipinski definition) is 0. The summed E-state index contributed by atoms with van der Waals surface area (Å²) < 4.78 is 10.5. The van der Waals surface area contributed by atoms with Crippen molar-refractivity contribution in [3.8, 4) is 0 Å². The van der Waals surface area contributed by atoms with E-state index in [4.69, 9.17) is 9.26 Å². The van der Waals surface area contributed by atoms with Gasteiger partial charge in [-0.25, -0.2) is 0 Å². The third-order valence-corrected chi connectivity index (χ3v) is 5.77. The van der Waals surface area contributed by atoms with Crippen LogP contribution in [0.15, 0.2) is 4.52 Å². The van der Waals surface area contributed by atoms with Crippen molar-refractivity contribution < 1.29 is 14.1 Å². The highest BCUT2D eigenvalue weighted by atomic mass is 16.5. The second-order valence-corrected chi connectivity index (χ2v) is 7.42. The molecule has 3 saturated heterocycles. The van der Waals surface area contributed by atoms with Gasteiger partial charge in [0.05, 0.1) is 12.0 Å². The molecule has 3 aliphatic rings. The molecule has 0 radical (unpaired) electrons. The summed E-state index contributed by atoms with van der Waals surface area (Å²) in [4.78, 5) is 22.0. The Bertz CT molecular complexity index is 598. The molecule has 0 N–H and O–H groups in total. The second kappa shape index (κ2) is 6.44. The first-order chi connectivity index (χ1) is 11.7. The highest BCUT2D eigenvalue weighted by Crippen LogP contribution is 2.41. The summed E-state index contributed by atoms with van der Waals surface area (Å²) in [5.41, 5.74) is -0.199. The predicted octanol–water partition coefficient (Wildman–Crippen LogP) is 1.37. The van der Waals surface area contributed by atoms with Gasteiger partial charge in [0.25, 0.3) is 0 Å². The highest BCUT2D eigenvalue weighted by molar-refractivity contribution is 5.84. The Labute approximate surface area is 142 Å². The Morgan fingerprint density at radius 3 is 2.83 bits per heavy atom.